The van der Waals surface area contributed by atoms with E-state index in [4.69, 9.17) is 5.26 Å². The van der Waals surface area contributed by atoms with E-state index in [9.17, 15) is 35.9 Å². The number of esters is 1. The maximum Gasteiger partial charge on any atom is 0.416 e. The van der Waals surface area contributed by atoms with E-state index in [0.29, 0.717) is 5.69 Å². The molecule has 0 unspecified atom stereocenters. The average molecular weight is 436 g/mol. The summed E-state index contributed by atoms with van der Waals surface area (Å²) in [6.45, 7) is 0.595. The molecule has 0 aliphatic rings. The number of nitrogens with zero attached hydrogens (tertiary/aromatic N) is 2. The number of aromatic nitrogens is 1. The van der Waals surface area contributed by atoms with Crippen LogP contribution in [0.2, 0.25) is 0 Å². The number of carbonyl (C=O) groups excluding carboxylic acids is 2. The van der Waals surface area contributed by atoms with Gasteiger partial charge in [0.05, 0.1) is 22.8 Å². The van der Waals surface area contributed by atoms with Crippen LogP contribution in [0.3, 0.4) is 0 Å². The van der Waals surface area contributed by atoms with Gasteiger partial charge in [0.25, 0.3) is 0 Å². The van der Waals surface area contributed by atoms with Crippen molar-refractivity contribution >= 4 is 23.1 Å². The zero-order chi connectivity index (χ0) is 22.0. The molecule has 0 N–H and O–H groups in total. The van der Waals surface area contributed by atoms with Gasteiger partial charge < -0.3 is 4.74 Å². The molecule has 0 amide bonds. The molecule has 154 valence electrons. The lowest BCUT2D eigenvalue weighted by molar-refractivity contribution is -0.143. The zero-order valence-corrected chi connectivity index (χ0v) is 15.2. The van der Waals surface area contributed by atoms with Crippen LogP contribution in [0.5, 0.6) is 0 Å². The minimum Gasteiger partial charge on any atom is -0.454 e. The fourth-order valence-electron chi connectivity index (χ4n) is 2.15. The highest BCUT2D eigenvalue weighted by atomic mass is 32.1. The minimum absolute atomic E-state index is 0.129. The average Bonchev–Trinajstić information content (AvgIpc) is 3.04. The molecule has 12 heteroatoms. The molecule has 1 aromatic carbocycles. The standard InChI is InChI=1S/C17H10F6N2O3S/c1-8-7-29-14(25-8)12(5-24)13(26)6-28-15(27)9-2-10(16(18,19)20)4-11(3-9)17(21,22)23/h2-4,7,12H,6H2,1H3/t12-/m0/s1. The first-order chi connectivity index (χ1) is 13.3. The Morgan fingerprint density at radius 2 is 1.69 bits per heavy atom. The number of nitriles is 1. The SMILES string of the molecule is Cc1csc([C@@H](C#N)C(=O)COC(=O)c2cc(C(F)(F)F)cc(C(F)(F)F)c2)n1. The second-order valence-corrected chi connectivity index (χ2v) is 6.62. The Morgan fingerprint density at radius 3 is 2.10 bits per heavy atom. The molecule has 0 fully saturated rings. The van der Waals surface area contributed by atoms with E-state index in [1.807, 2.05) is 0 Å². The summed E-state index contributed by atoms with van der Waals surface area (Å²) in [5.41, 5.74) is -3.88. The Bertz CT molecular complexity index is 943. The molecule has 1 heterocycles. The second-order valence-electron chi connectivity index (χ2n) is 5.73. The van der Waals surface area contributed by atoms with Gasteiger partial charge in [-0.3, -0.25) is 4.79 Å². The van der Waals surface area contributed by atoms with E-state index in [1.54, 1.807) is 18.4 Å². The van der Waals surface area contributed by atoms with Gasteiger partial charge in [-0.2, -0.15) is 31.6 Å². The molecule has 0 saturated heterocycles. The summed E-state index contributed by atoms with van der Waals surface area (Å²) in [5, 5.41) is 10.8. The lowest BCUT2D eigenvalue weighted by atomic mass is 10.0. The molecule has 0 bridgehead atoms. The van der Waals surface area contributed by atoms with Gasteiger partial charge in [-0.15, -0.1) is 11.3 Å². The summed E-state index contributed by atoms with van der Waals surface area (Å²) < 4.78 is 81.6. The molecule has 29 heavy (non-hydrogen) atoms. The van der Waals surface area contributed by atoms with Gasteiger partial charge in [-0.1, -0.05) is 0 Å². The highest BCUT2D eigenvalue weighted by Crippen LogP contribution is 2.36. The molecule has 0 saturated carbocycles. The maximum absolute atomic E-state index is 12.8. The van der Waals surface area contributed by atoms with Crippen molar-refractivity contribution < 1.29 is 40.7 Å². The quantitative estimate of drug-likeness (QED) is 0.509. The third-order valence-corrected chi connectivity index (χ3v) is 4.53. The molecular formula is C17H10F6N2O3S. The predicted molar refractivity (Wildman–Crippen MR) is 86.9 cm³/mol. The summed E-state index contributed by atoms with van der Waals surface area (Å²) in [6.07, 6.45) is -10.3. The normalized spacial score (nSPS) is 12.9. The van der Waals surface area contributed by atoms with Crippen molar-refractivity contribution in [1.29, 1.82) is 5.26 Å². The Labute approximate surface area is 163 Å². The van der Waals surface area contributed by atoms with Gasteiger partial charge in [-0.25, -0.2) is 9.78 Å². The van der Waals surface area contributed by atoms with E-state index in [2.05, 4.69) is 9.72 Å². The lowest BCUT2D eigenvalue weighted by Crippen LogP contribution is -2.21. The number of Topliss-reactive ketones (excluding diaryl/α,β-unsaturated/α-hetero) is 1. The third-order valence-electron chi connectivity index (χ3n) is 3.50. The number of aryl methyl sites for hydroxylation is 1. The third kappa shape index (κ3) is 5.54. The topological polar surface area (TPSA) is 80.0 Å². The smallest absolute Gasteiger partial charge is 0.416 e. The maximum atomic E-state index is 12.8. The molecule has 5 nitrogen and oxygen atoms in total. The number of thiazole rings is 1. The van der Waals surface area contributed by atoms with Gasteiger partial charge in [-0.05, 0) is 25.1 Å². The van der Waals surface area contributed by atoms with Gasteiger partial charge in [0.15, 0.2) is 18.3 Å². The van der Waals surface area contributed by atoms with Crippen molar-refractivity contribution in [1.82, 2.24) is 4.98 Å². The van der Waals surface area contributed by atoms with Gasteiger partial charge >= 0.3 is 18.3 Å². The van der Waals surface area contributed by atoms with Crippen molar-refractivity contribution in [2.24, 2.45) is 0 Å². The molecule has 1 atom stereocenters. The van der Waals surface area contributed by atoms with Crippen LogP contribution in [-0.4, -0.2) is 23.3 Å². The first-order valence-corrected chi connectivity index (χ1v) is 8.52. The number of rotatable bonds is 5. The largest absolute Gasteiger partial charge is 0.454 e. The van der Waals surface area contributed by atoms with Crippen molar-refractivity contribution in [3.63, 3.8) is 0 Å². The van der Waals surface area contributed by atoms with E-state index in [1.165, 1.54) is 0 Å². The Morgan fingerprint density at radius 1 is 1.14 bits per heavy atom. The molecule has 2 rings (SSSR count). The number of ketones is 1. The Kier molecular flexibility index (Phi) is 6.32. The molecule has 0 spiro atoms. The number of ether oxygens (including phenoxy) is 1. The van der Waals surface area contributed by atoms with Crippen LogP contribution in [0.15, 0.2) is 23.6 Å². The summed E-state index contributed by atoms with van der Waals surface area (Å²) in [7, 11) is 0. The first kappa shape index (κ1) is 22.4. The van der Waals surface area contributed by atoms with Crippen molar-refractivity contribution in [2.75, 3.05) is 6.61 Å². The summed E-state index contributed by atoms with van der Waals surface area (Å²) in [5.74, 6) is -3.87. The van der Waals surface area contributed by atoms with E-state index in [0.717, 1.165) is 11.3 Å². The van der Waals surface area contributed by atoms with Crippen molar-refractivity contribution in [3.05, 3.63) is 51.0 Å². The fourth-order valence-corrected chi connectivity index (χ4v) is 3.01. The second kappa shape index (κ2) is 8.20. The number of hydrogen-bond acceptors (Lipinski definition) is 6. The molecule has 0 radical (unpaired) electrons. The highest BCUT2D eigenvalue weighted by molar-refractivity contribution is 7.09. The van der Waals surface area contributed by atoms with Crippen LogP contribution in [0.25, 0.3) is 0 Å². The number of halogens is 6. The van der Waals surface area contributed by atoms with Crippen LogP contribution >= 0.6 is 11.3 Å². The number of alkyl halides is 6. The van der Waals surface area contributed by atoms with Crippen molar-refractivity contribution in [3.8, 4) is 6.07 Å². The Hall–Kier alpha value is -2.94. The van der Waals surface area contributed by atoms with Gasteiger partial charge in [0.1, 0.15) is 5.01 Å². The number of benzene rings is 1. The van der Waals surface area contributed by atoms with E-state index >= 15 is 0 Å². The first-order valence-electron chi connectivity index (χ1n) is 7.64. The van der Waals surface area contributed by atoms with Gasteiger partial charge in [0.2, 0.25) is 0 Å². The number of carbonyl (C=O) groups is 2. The van der Waals surface area contributed by atoms with E-state index in [-0.39, 0.29) is 23.2 Å². The molecule has 0 aliphatic carbocycles. The van der Waals surface area contributed by atoms with Crippen LogP contribution in [0.1, 0.15) is 38.1 Å². The van der Waals surface area contributed by atoms with Crippen LogP contribution in [-0.2, 0) is 21.9 Å². The summed E-state index contributed by atoms with van der Waals surface area (Å²) in [4.78, 5) is 28.0. The lowest BCUT2D eigenvalue weighted by Gasteiger charge is -2.14. The van der Waals surface area contributed by atoms with E-state index < -0.39 is 53.3 Å². The van der Waals surface area contributed by atoms with Gasteiger partial charge in [0, 0.05) is 11.1 Å². The van der Waals surface area contributed by atoms with Crippen LogP contribution in [0.4, 0.5) is 26.3 Å². The molecule has 1 aromatic heterocycles. The highest BCUT2D eigenvalue weighted by Gasteiger charge is 2.37. The molecule has 2 aromatic rings. The fraction of sp³-hybridized carbons (Fsp3) is 0.294. The van der Waals surface area contributed by atoms with Crippen LogP contribution in [0, 0.1) is 18.3 Å². The molecular weight excluding hydrogens is 426 g/mol. The monoisotopic (exact) mass is 436 g/mol. The van der Waals surface area contributed by atoms with Crippen LogP contribution < -0.4 is 0 Å². The minimum atomic E-state index is -5.14. The zero-order valence-electron chi connectivity index (χ0n) is 14.4. The van der Waals surface area contributed by atoms with Crippen molar-refractivity contribution in [2.45, 2.75) is 25.2 Å². The summed E-state index contributed by atoms with van der Waals surface area (Å²) in [6, 6.07) is 1.90. The predicted octanol–water partition coefficient (Wildman–Crippen LogP) is 4.52. The number of hydrogen-bond donors (Lipinski definition) is 0. The summed E-state index contributed by atoms with van der Waals surface area (Å²) >= 11 is 1.01. The Balaban J connectivity index is 2.22. The molecule has 0 aliphatic heterocycles.